The van der Waals surface area contributed by atoms with E-state index in [4.69, 9.17) is 57.8 Å². The topological polar surface area (TPSA) is 439 Å². The van der Waals surface area contributed by atoms with Crippen LogP contribution in [0.25, 0.3) is 21.9 Å². The van der Waals surface area contributed by atoms with Gasteiger partial charge in [-0.2, -0.15) is 0 Å². The molecule has 0 spiro atoms. The second kappa shape index (κ2) is 34.1. The van der Waals surface area contributed by atoms with E-state index in [1.807, 2.05) is 33.8 Å². The number of benzene rings is 2. The number of phenols is 1. The van der Waals surface area contributed by atoms with Crippen LogP contribution in [-0.2, 0) is 57.7 Å². The van der Waals surface area contributed by atoms with E-state index < -0.39 is 90.7 Å². The van der Waals surface area contributed by atoms with Gasteiger partial charge in [0.1, 0.15) is 58.0 Å². The van der Waals surface area contributed by atoms with E-state index in [-0.39, 0.29) is 114 Å². The molecule has 0 aliphatic heterocycles. The number of hydrogen-bond acceptors (Lipinski definition) is 18. The Morgan fingerprint density at radius 2 is 1.01 bits per heavy atom. The van der Waals surface area contributed by atoms with E-state index in [0.717, 1.165) is 11.1 Å². The van der Waals surface area contributed by atoms with Gasteiger partial charge in [-0.3, -0.25) is 34.0 Å². The van der Waals surface area contributed by atoms with Gasteiger partial charge >= 0.3 is 11.9 Å². The number of aliphatic hydroxyl groups is 1. The predicted octanol–water partition coefficient (Wildman–Crippen LogP) is 0.569. The summed E-state index contributed by atoms with van der Waals surface area (Å²) in [7, 11) is 2.35. The van der Waals surface area contributed by atoms with Crippen molar-refractivity contribution in [1.82, 2.24) is 21.3 Å². The van der Waals surface area contributed by atoms with Gasteiger partial charge in [-0.25, -0.2) is 9.59 Å². The molecular weight excluding hydrogens is 1040 g/mol. The molecule has 0 bridgehead atoms. The number of aromatic hydroxyl groups is 1. The van der Waals surface area contributed by atoms with Crippen LogP contribution in [0.15, 0.2) is 54.6 Å². The third kappa shape index (κ3) is 21.0. The molecule has 3 aromatic rings. The van der Waals surface area contributed by atoms with Crippen molar-refractivity contribution in [3.05, 3.63) is 62.3 Å². The number of methoxy groups -OCH3 is 2. The first-order chi connectivity index (χ1) is 38.1. The molecule has 0 aliphatic carbocycles. The largest absolute Gasteiger partial charge is 0.507 e. The first kappa shape index (κ1) is 66.3. The van der Waals surface area contributed by atoms with E-state index in [9.17, 15) is 43.8 Å². The molecule has 26 heteroatoms. The predicted molar refractivity (Wildman–Crippen MR) is 302 cm³/mol. The van der Waals surface area contributed by atoms with Crippen molar-refractivity contribution in [3.8, 4) is 17.2 Å². The molecule has 3 rings (SSSR count). The Bertz CT molecular complexity index is 2800. The molecule has 4 atom stereocenters. The fraction of sp³-hybridized carbons (Fsp3) is 0.537. The fourth-order valence-corrected chi connectivity index (χ4v) is 8.34. The van der Waals surface area contributed by atoms with Gasteiger partial charge in [-0.05, 0) is 123 Å². The zero-order chi connectivity index (χ0) is 59.5. The number of nitrogens with one attached hydrogen (secondary N) is 4. The average Bonchev–Trinajstić information content (AvgIpc) is 3.40. The Morgan fingerprint density at radius 1 is 0.600 bits per heavy atom. The summed E-state index contributed by atoms with van der Waals surface area (Å²) in [5.41, 5.74) is 34.5. The number of carbonyl (C=O) groups excluding carboxylic acids is 6. The number of guanidine groups is 2. The van der Waals surface area contributed by atoms with Crippen molar-refractivity contribution in [2.24, 2.45) is 44.4 Å². The zero-order valence-electron chi connectivity index (χ0n) is 46.7. The quantitative estimate of drug-likeness (QED) is 0.00956. The van der Waals surface area contributed by atoms with E-state index in [0.29, 0.717) is 51.6 Å². The van der Waals surface area contributed by atoms with Crippen molar-refractivity contribution in [2.75, 3.05) is 53.6 Å². The summed E-state index contributed by atoms with van der Waals surface area (Å²) in [6.45, 7) is 6.33. The van der Waals surface area contributed by atoms with Crippen molar-refractivity contribution in [1.29, 1.82) is 0 Å². The smallest absolute Gasteiger partial charge is 0.328 e. The Morgan fingerprint density at radius 3 is 1.41 bits per heavy atom. The summed E-state index contributed by atoms with van der Waals surface area (Å²) < 4.78 is 28.3. The second-order valence-electron chi connectivity index (χ2n) is 19.3. The molecule has 1 aromatic heterocycles. The number of rotatable bonds is 35. The molecule has 0 saturated heterocycles. The second-order valence-corrected chi connectivity index (χ2v) is 19.3. The maximum atomic E-state index is 14.8. The normalized spacial score (nSPS) is 12.4. The molecule has 2 aromatic carbocycles. The van der Waals surface area contributed by atoms with Gasteiger partial charge in [-0.1, -0.05) is 23.3 Å². The van der Waals surface area contributed by atoms with Crippen molar-refractivity contribution < 1.29 is 62.3 Å². The molecule has 1 heterocycles. The molecule has 0 unspecified atom stereocenters. The van der Waals surface area contributed by atoms with Gasteiger partial charge < -0.3 is 89.2 Å². The standard InChI is InChI=1S/C54H82N12O14/c1-30(2)17-19-32-34(27-67)40(79-29-44(69)64-36(14-8-10-22-56)50(73)66-38(52(75)77-6)16-12-24-62-54(59)60)26-41-45(32)48(71)46-42(80-41)25-39(33(47(46)70)20-18-31(3)4)78-28-43(68)63-35(13-7-9-21-55)49(72)65-37(51(74)76-5)15-11-23-61-53(57)58/h17-18,25-26,35-38,67,70H,7-16,19-24,27-29,55-56H2,1-6H3,(H,63,68)(H,64,69)(H,65,72)(H,66,73)(H4,57,58,61)(H4,59,60,62)/t35-,36-,37-,38-/m0/s1. The number of carbonyl (C=O) groups is 6. The van der Waals surface area contributed by atoms with Crippen molar-refractivity contribution >= 4 is 69.4 Å². The molecule has 0 aliphatic rings. The maximum Gasteiger partial charge on any atom is 0.328 e. The number of hydrogen-bond donors (Lipinski definition) is 12. The van der Waals surface area contributed by atoms with Crippen LogP contribution < -0.4 is 70.6 Å². The molecule has 0 radical (unpaired) electrons. The molecule has 4 amide bonds. The van der Waals surface area contributed by atoms with E-state index >= 15 is 0 Å². The number of nitrogens with two attached hydrogens (primary N) is 6. The molecule has 0 fully saturated rings. The summed E-state index contributed by atoms with van der Waals surface area (Å²) in [5.74, 6) is -5.12. The minimum absolute atomic E-state index is 0.00427. The number of ether oxygens (including phenoxy) is 4. The number of aliphatic imine (C=N–C) groups is 2. The lowest BCUT2D eigenvalue weighted by molar-refractivity contribution is -0.146. The van der Waals surface area contributed by atoms with Crippen LogP contribution in [-0.4, -0.2) is 135 Å². The van der Waals surface area contributed by atoms with Crippen LogP contribution in [0.1, 0.15) is 109 Å². The third-order valence-electron chi connectivity index (χ3n) is 12.5. The van der Waals surface area contributed by atoms with Crippen LogP contribution in [0, 0.1) is 0 Å². The van der Waals surface area contributed by atoms with Gasteiger partial charge in [0.2, 0.25) is 17.2 Å². The number of unbranched alkanes of at least 4 members (excludes halogenated alkanes) is 2. The minimum atomic E-state index is -1.14. The molecule has 26 nitrogen and oxygen atoms in total. The first-order valence-electron chi connectivity index (χ1n) is 26.4. The lowest BCUT2D eigenvalue weighted by Crippen LogP contribution is -2.52. The highest BCUT2D eigenvalue weighted by atomic mass is 16.5. The fourth-order valence-electron chi connectivity index (χ4n) is 8.34. The zero-order valence-corrected chi connectivity index (χ0v) is 46.7. The number of allylic oxidation sites excluding steroid dienone is 4. The third-order valence-corrected chi connectivity index (χ3v) is 12.5. The van der Waals surface area contributed by atoms with Crippen LogP contribution in [0.4, 0.5) is 0 Å². The monoisotopic (exact) mass is 1120 g/mol. The van der Waals surface area contributed by atoms with Gasteiger partial charge in [0.15, 0.2) is 25.1 Å². The SMILES string of the molecule is COC(=O)[C@H](CCCN=C(N)N)NC(=O)[C@H](CCCCN)NC(=O)COc1cc2oc3cc(OCC(=O)N[C@@H](CCCCN)C(=O)N[C@@H](CCCN=C(N)N)C(=O)OC)c(CO)c(CC=C(C)C)c3c(=O)c2c(O)c1CC=C(C)C. The van der Waals surface area contributed by atoms with E-state index in [2.05, 4.69) is 31.3 Å². The Labute approximate surface area is 464 Å². The first-order valence-corrected chi connectivity index (χ1v) is 26.4. The van der Waals surface area contributed by atoms with Gasteiger partial charge in [0.05, 0.1) is 26.2 Å². The van der Waals surface area contributed by atoms with Gasteiger partial charge in [-0.15, -0.1) is 0 Å². The molecular formula is C54H82N12O14. The number of fused-ring (bicyclic) bond motifs is 2. The Balaban J connectivity index is 2.08. The van der Waals surface area contributed by atoms with Crippen molar-refractivity contribution in [3.63, 3.8) is 0 Å². The number of nitrogens with zero attached hydrogens (tertiary/aromatic N) is 2. The highest BCUT2D eigenvalue weighted by molar-refractivity contribution is 5.98. The summed E-state index contributed by atoms with van der Waals surface area (Å²) in [4.78, 5) is 103. The highest BCUT2D eigenvalue weighted by Gasteiger charge is 2.30. The minimum Gasteiger partial charge on any atom is -0.507 e. The van der Waals surface area contributed by atoms with Crippen LogP contribution in [0.5, 0.6) is 17.2 Å². The van der Waals surface area contributed by atoms with Gasteiger partial charge in [0.25, 0.3) is 11.8 Å². The van der Waals surface area contributed by atoms with Crippen LogP contribution in [0.3, 0.4) is 0 Å². The molecule has 80 heavy (non-hydrogen) atoms. The van der Waals surface area contributed by atoms with E-state index in [1.54, 1.807) is 6.08 Å². The number of esters is 2. The summed E-state index contributed by atoms with van der Waals surface area (Å²) in [6, 6.07) is -1.77. The van der Waals surface area contributed by atoms with Crippen LogP contribution in [0.2, 0.25) is 0 Å². The maximum absolute atomic E-state index is 14.8. The summed E-state index contributed by atoms with van der Waals surface area (Å²) in [5, 5.41) is 33.3. The number of amides is 4. The molecule has 0 saturated carbocycles. The van der Waals surface area contributed by atoms with Crippen LogP contribution >= 0.6 is 0 Å². The number of aliphatic hydroxyl groups excluding tert-OH is 1. The summed E-state index contributed by atoms with van der Waals surface area (Å²) >= 11 is 0. The Kier molecular flexibility index (Phi) is 28.3. The number of phenolic OH excluding ortho intramolecular Hbond substituents is 1. The highest BCUT2D eigenvalue weighted by Crippen LogP contribution is 2.39. The van der Waals surface area contributed by atoms with Gasteiger partial charge in [0, 0.05) is 36.3 Å². The Hall–Kier alpha value is -7.97. The average molecular weight is 1120 g/mol. The van der Waals surface area contributed by atoms with E-state index in [1.165, 1.54) is 26.4 Å². The molecule has 18 N–H and O–H groups in total. The van der Waals surface area contributed by atoms with Crippen molar-refractivity contribution in [2.45, 2.75) is 136 Å². The lowest BCUT2D eigenvalue weighted by Gasteiger charge is -2.23. The molecule has 442 valence electrons. The lowest BCUT2D eigenvalue weighted by atomic mass is 9.95. The summed E-state index contributed by atoms with van der Waals surface area (Å²) in [6.07, 6.45) is 6.86.